The van der Waals surface area contributed by atoms with Crippen molar-refractivity contribution >= 4 is 29.7 Å². The molecule has 1 aromatic rings. The van der Waals surface area contributed by atoms with E-state index in [1.54, 1.807) is 18.0 Å². The van der Waals surface area contributed by atoms with E-state index in [0.29, 0.717) is 31.5 Å². The van der Waals surface area contributed by atoms with Crippen LogP contribution in [-0.2, 0) is 9.59 Å². The second-order valence-electron chi connectivity index (χ2n) is 5.66. The van der Waals surface area contributed by atoms with E-state index in [9.17, 15) is 22.8 Å². The van der Waals surface area contributed by atoms with Crippen molar-refractivity contribution in [2.24, 2.45) is 5.92 Å². The Balaban J connectivity index is 1.87. The first-order chi connectivity index (χ1) is 11.8. The van der Waals surface area contributed by atoms with Crippen molar-refractivity contribution in [3.05, 3.63) is 35.9 Å². The van der Waals surface area contributed by atoms with E-state index >= 15 is 0 Å². The fourth-order valence-electron chi connectivity index (χ4n) is 2.62. The molecule has 4 nitrogen and oxygen atoms in total. The summed E-state index contributed by atoms with van der Waals surface area (Å²) in [6.45, 7) is 1.03. The van der Waals surface area contributed by atoms with Crippen LogP contribution >= 0.6 is 11.8 Å². The van der Waals surface area contributed by atoms with Crippen molar-refractivity contribution in [2.75, 3.05) is 20.1 Å². The van der Waals surface area contributed by atoms with Crippen molar-refractivity contribution in [1.29, 1.82) is 0 Å². The summed E-state index contributed by atoms with van der Waals surface area (Å²) in [4.78, 5) is 25.5. The minimum absolute atomic E-state index is 0.000502. The number of halogens is 3. The van der Waals surface area contributed by atoms with Crippen LogP contribution < -0.4 is 5.32 Å². The number of thioether (sulfide) groups is 1. The van der Waals surface area contributed by atoms with Crippen LogP contribution in [0.3, 0.4) is 0 Å². The maximum absolute atomic E-state index is 12.3. The molecule has 2 amide bonds. The fourth-order valence-corrected chi connectivity index (χ4v) is 3.16. The maximum Gasteiger partial charge on any atom is 0.446 e. The van der Waals surface area contributed by atoms with Crippen LogP contribution in [0.25, 0.3) is 6.08 Å². The third-order valence-electron chi connectivity index (χ3n) is 3.96. The van der Waals surface area contributed by atoms with Gasteiger partial charge in [-0.25, -0.2) is 0 Å². The molecule has 1 aromatic carbocycles. The van der Waals surface area contributed by atoms with E-state index in [1.165, 1.54) is 30.3 Å². The first kappa shape index (κ1) is 19.4. The van der Waals surface area contributed by atoms with Crippen LogP contribution in [0.2, 0.25) is 0 Å². The van der Waals surface area contributed by atoms with Gasteiger partial charge in [0.1, 0.15) is 0 Å². The molecule has 2 rings (SSSR count). The predicted molar refractivity (Wildman–Crippen MR) is 90.8 cm³/mol. The Kier molecular flexibility index (Phi) is 6.52. The van der Waals surface area contributed by atoms with Crippen molar-refractivity contribution in [2.45, 2.75) is 23.2 Å². The van der Waals surface area contributed by atoms with Gasteiger partial charge in [-0.15, -0.1) is 0 Å². The van der Waals surface area contributed by atoms with Gasteiger partial charge in [-0.05, 0) is 48.4 Å². The number of rotatable bonds is 4. The Morgan fingerprint density at radius 3 is 2.32 bits per heavy atom. The number of likely N-dealkylation sites (tertiary alicyclic amines) is 1. The first-order valence-corrected chi connectivity index (χ1v) is 8.64. The van der Waals surface area contributed by atoms with E-state index in [0.717, 1.165) is 0 Å². The van der Waals surface area contributed by atoms with Gasteiger partial charge >= 0.3 is 5.51 Å². The lowest BCUT2D eigenvalue weighted by atomic mass is 9.96. The summed E-state index contributed by atoms with van der Waals surface area (Å²) in [5, 5.41) is 2.62. The molecule has 136 valence electrons. The van der Waals surface area contributed by atoms with Crippen LogP contribution in [0.1, 0.15) is 18.4 Å². The first-order valence-electron chi connectivity index (χ1n) is 7.83. The highest BCUT2D eigenvalue weighted by Crippen LogP contribution is 2.36. The molecule has 0 radical (unpaired) electrons. The molecule has 1 fully saturated rings. The molecule has 0 atom stereocenters. The van der Waals surface area contributed by atoms with E-state index in [4.69, 9.17) is 0 Å². The molecule has 0 aromatic heterocycles. The highest BCUT2D eigenvalue weighted by Gasteiger charge is 2.29. The lowest BCUT2D eigenvalue weighted by Gasteiger charge is -2.30. The molecule has 1 aliphatic heterocycles. The molecule has 1 saturated heterocycles. The average Bonchev–Trinajstić information content (AvgIpc) is 2.59. The van der Waals surface area contributed by atoms with Gasteiger partial charge in [-0.3, -0.25) is 9.59 Å². The number of nitrogens with one attached hydrogen (secondary N) is 1. The SMILES string of the molecule is CNC(=O)C1CCN(C(=O)/C=C/c2ccc(SC(F)(F)F)cc2)CC1. The number of carbonyl (C=O) groups excluding carboxylic acids is 2. The minimum atomic E-state index is -4.31. The van der Waals surface area contributed by atoms with Crippen LogP contribution in [0.4, 0.5) is 13.2 Å². The predicted octanol–water partition coefficient (Wildman–Crippen LogP) is 3.30. The second-order valence-corrected chi connectivity index (χ2v) is 6.80. The number of carbonyl (C=O) groups is 2. The molecule has 0 spiro atoms. The highest BCUT2D eigenvalue weighted by molar-refractivity contribution is 8.00. The lowest BCUT2D eigenvalue weighted by Crippen LogP contribution is -2.41. The summed E-state index contributed by atoms with van der Waals surface area (Å²) in [7, 11) is 1.60. The molecule has 0 bridgehead atoms. The largest absolute Gasteiger partial charge is 0.446 e. The van der Waals surface area contributed by atoms with Crippen LogP contribution in [0.5, 0.6) is 0 Å². The third-order valence-corrected chi connectivity index (χ3v) is 4.70. The van der Waals surface area contributed by atoms with Gasteiger partial charge in [-0.1, -0.05) is 12.1 Å². The Bertz CT molecular complexity index is 636. The number of benzene rings is 1. The van der Waals surface area contributed by atoms with E-state index in [1.807, 2.05) is 0 Å². The topological polar surface area (TPSA) is 49.4 Å². The monoisotopic (exact) mass is 372 g/mol. The quantitative estimate of drug-likeness (QED) is 0.652. The smallest absolute Gasteiger partial charge is 0.359 e. The number of alkyl halides is 3. The van der Waals surface area contributed by atoms with Crippen molar-refractivity contribution in [1.82, 2.24) is 10.2 Å². The standard InChI is InChI=1S/C17H19F3N2O2S/c1-21-16(24)13-8-10-22(11-9-13)15(23)7-4-12-2-5-14(6-3-12)25-17(18,19)20/h2-7,13H,8-11H2,1H3,(H,21,24)/b7-4+. The molecule has 8 heteroatoms. The summed E-state index contributed by atoms with van der Waals surface area (Å²) >= 11 is -0.171. The number of hydrogen-bond donors (Lipinski definition) is 1. The van der Waals surface area contributed by atoms with Gasteiger partial charge in [0.25, 0.3) is 0 Å². The third kappa shape index (κ3) is 6.12. The zero-order valence-electron chi connectivity index (χ0n) is 13.7. The molecule has 0 aliphatic carbocycles. The zero-order chi connectivity index (χ0) is 18.4. The Morgan fingerprint density at radius 1 is 1.20 bits per heavy atom. The molecule has 0 saturated carbocycles. The Labute approximate surface area is 148 Å². The average molecular weight is 372 g/mol. The molecule has 1 N–H and O–H groups in total. The molecular weight excluding hydrogens is 353 g/mol. The molecule has 1 aliphatic rings. The zero-order valence-corrected chi connectivity index (χ0v) is 14.5. The molecule has 1 heterocycles. The van der Waals surface area contributed by atoms with Gasteiger partial charge < -0.3 is 10.2 Å². The van der Waals surface area contributed by atoms with Crippen molar-refractivity contribution in [3.63, 3.8) is 0 Å². The second kappa shape index (κ2) is 8.42. The van der Waals surface area contributed by atoms with E-state index in [-0.39, 0.29) is 34.4 Å². The summed E-state index contributed by atoms with van der Waals surface area (Å²) in [6, 6.07) is 5.82. The van der Waals surface area contributed by atoms with E-state index in [2.05, 4.69) is 5.32 Å². The van der Waals surface area contributed by atoms with Gasteiger partial charge in [0, 0.05) is 37.0 Å². The van der Waals surface area contributed by atoms with Gasteiger partial charge in [0.2, 0.25) is 11.8 Å². The minimum Gasteiger partial charge on any atom is -0.359 e. The lowest BCUT2D eigenvalue weighted by molar-refractivity contribution is -0.131. The number of amides is 2. The number of nitrogens with zero attached hydrogens (tertiary/aromatic N) is 1. The van der Waals surface area contributed by atoms with Gasteiger partial charge in [0.05, 0.1) is 0 Å². The summed E-state index contributed by atoms with van der Waals surface area (Å²) in [5.74, 6) is -0.222. The van der Waals surface area contributed by atoms with Crippen LogP contribution in [0, 0.1) is 5.92 Å². The fraction of sp³-hybridized carbons (Fsp3) is 0.412. The number of piperidine rings is 1. The highest BCUT2D eigenvalue weighted by atomic mass is 32.2. The summed E-state index contributed by atoms with van der Waals surface area (Å²) < 4.78 is 36.8. The molecule has 25 heavy (non-hydrogen) atoms. The van der Waals surface area contributed by atoms with Gasteiger partial charge in [0.15, 0.2) is 0 Å². The molecular formula is C17H19F3N2O2S. The van der Waals surface area contributed by atoms with E-state index < -0.39 is 5.51 Å². The Hall–Kier alpha value is -1.96. The maximum atomic E-state index is 12.3. The molecule has 0 unspecified atom stereocenters. The summed E-state index contributed by atoms with van der Waals surface area (Å²) in [6.07, 6.45) is 4.24. The normalized spacial score (nSPS) is 16.2. The Morgan fingerprint density at radius 2 is 1.80 bits per heavy atom. The summed E-state index contributed by atoms with van der Waals surface area (Å²) in [5.41, 5.74) is -3.66. The van der Waals surface area contributed by atoms with Crippen molar-refractivity contribution in [3.8, 4) is 0 Å². The van der Waals surface area contributed by atoms with Crippen LogP contribution in [-0.4, -0.2) is 42.4 Å². The van der Waals surface area contributed by atoms with Gasteiger partial charge in [-0.2, -0.15) is 13.2 Å². The number of hydrogen-bond acceptors (Lipinski definition) is 3. The van der Waals surface area contributed by atoms with Crippen molar-refractivity contribution < 1.29 is 22.8 Å². The van der Waals surface area contributed by atoms with Crippen LogP contribution in [0.15, 0.2) is 35.2 Å².